The Kier molecular flexibility index (Phi) is 5.95. The van der Waals surface area contributed by atoms with Gasteiger partial charge in [0.1, 0.15) is 12.4 Å². The molecule has 0 aliphatic rings. The molecule has 0 saturated carbocycles. The number of esters is 1. The van der Waals surface area contributed by atoms with Crippen LogP contribution in [-0.4, -0.2) is 14.4 Å². The van der Waals surface area contributed by atoms with Crippen molar-refractivity contribution in [2.24, 2.45) is 0 Å². The van der Waals surface area contributed by atoms with Crippen LogP contribution in [0.4, 0.5) is 0 Å². The minimum absolute atomic E-state index is 0.0127. The van der Waals surface area contributed by atoms with E-state index in [0.29, 0.717) is 10.8 Å². The molecule has 0 fully saturated rings. The van der Waals surface area contributed by atoms with Crippen LogP contribution in [0.5, 0.6) is 0 Å². The fourth-order valence-electron chi connectivity index (χ4n) is 2.31. The maximum Gasteiger partial charge on any atom is 0.338 e. The van der Waals surface area contributed by atoms with Gasteiger partial charge in [-0.05, 0) is 48.0 Å². The third-order valence-corrected chi connectivity index (χ3v) is 5.29. The van der Waals surface area contributed by atoms with Crippen LogP contribution in [0.2, 0.25) is 5.02 Å². The lowest BCUT2D eigenvalue weighted by Crippen LogP contribution is -2.23. The first kappa shape index (κ1) is 19.2. The fourth-order valence-corrected chi connectivity index (χ4v) is 3.56. The number of carbonyl (C=O) groups excluding carboxylic acids is 1. The molecule has 0 atom stereocenters. The van der Waals surface area contributed by atoms with Crippen molar-refractivity contribution < 1.29 is 22.4 Å². The van der Waals surface area contributed by atoms with E-state index in [1.807, 2.05) is 0 Å². The van der Waals surface area contributed by atoms with Gasteiger partial charge in [0.2, 0.25) is 10.0 Å². The second-order valence-electron chi connectivity index (χ2n) is 5.64. The molecule has 3 aromatic rings. The zero-order valence-corrected chi connectivity index (χ0v) is 15.7. The molecule has 1 aromatic heterocycles. The van der Waals surface area contributed by atoms with E-state index < -0.39 is 16.0 Å². The van der Waals surface area contributed by atoms with Crippen molar-refractivity contribution in [3.05, 3.63) is 88.8 Å². The summed E-state index contributed by atoms with van der Waals surface area (Å²) in [6.07, 6.45) is 1.46. The molecule has 27 heavy (non-hydrogen) atoms. The molecule has 1 heterocycles. The van der Waals surface area contributed by atoms with Crippen LogP contribution in [0, 0.1) is 0 Å². The highest BCUT2D eigenvalue weighted by Crippen LogP contribution is 2.15. The highest BCUT2D eigenvalue weighted by molar-refractivity contribution is 7.89. The second kappa shape index (κ2) is 8.39. The molecule has 0 aliphatic carbocycles. The summed E-state index contributed by atoms with van der Waals surface area (Å²) in [4.78, 5) is 12.2. The van der Waals surface area contributed by atoms with Gasteiger partial charge in [-0.15, -0.1) is 0 Å². The van der Waals surface area contributed by atoms with Crippen LogP contribution >= 0.6 is 11.6 Å². The van der Waals surface area contributed by atoms with Crippen LogP contribution < -0.4 is 4.72 Å². The van der Waals surface area contributed by atoms with Gasteiger partial charge in [-0.2, -0.15) is 0 Å². The summed E-state index contributed by atoms with van der Waals surface area (Å²) < 4.78 is 37.5. The largest absolute Gasteiger partial charge is 0.468 e. The van der Waals surface area contributed by atoms with Crippen molar-refractivity contribution in [1.29, 1.82) is 0 Å². The first-order valence-electron chi connectivity index (χ1n) is 7.98. The van der Waals surface area contributed by atoms with Crippen molar-refractivity contribution >= 4 is 27.6 Å². The van der Waals surface area contributed by atoms with Gasteiger partial charge in [0, 0.05) is 5.02 Å². The molecule has 0 spiro atoms. The van der Waals surface area contributed by atoms with E-state index >= 15 is 0 Å². The molecule has 0 saturated heterocycles. The van der Waals surface area contributed by atoms with Crippen LogP contribution in [0.1, 0.15) is 21.7 Å². The number of halogens is 1. The standard InChI is InChI=1S/C19H16ClNO5S/c20-16-6-1-4-14(10-16)13-26-19(22)15-5-2-8-18(11-15)27(23,24)21-12-17-7-3-9-25-17/h1-11,21H,12-13H2. The van der Waals surface area contributed by atoms with Gasteiger partial charge in [0.25, 0.3) is 0 Å². The first-order chi connectivity index (χ1) is 12.9. The Morgan fingerprint density at radius 3 is 2.63 bits per heavy atom. The molecule has 0 aliphatic heterocycles. The summed E-state index contributed by atoms with van der Waals surface area (Å²) in [6.45, 7) is 0.0475. The Bertz CT molecular complexity index is 1030. The topological polar surface area (TPSA) is 85.6 Å². The zero-order valence-electron chi connectivity index (χ0n) is 14.1. The van der Waals surface area contributed by atoms with Gasteiger partial charge in [0.05, 0.1) is 23.3 Å². The van der Waals surface area contributed by atoms with Crippen LogP contribution in [0.15, 0.2) is 76.2 Å². The number of rotatable bonds is 7. The molecular formula is C19H16ClNO5S. The monoisotopic (exact) mass is 405 g/mol. The molecule has 2 aromatic carbocycles. The molecule has 0 bridgehead atoms. The summed E-state index contributed by atoms with van der Waals surface area (Å²) in [7, 11) is -3.80. The van der Waals surface area contributed by atoms with Crippen LogP contribution in [0.3, 0.4) is 0 Å². The van der Waals surface area contributed by atoms with E-state index in [4.69, 9.17) is 20.8 Å². The minimum Gasteiger partial charge on any atom is -0.468 e. The molecule has 140 valence electrons. The fraction of sp³-hybridized carbons (Fsp3) is 0.105. The SMILES string of the molecule is O=C(OCc1cccc(Cl)c1)c1cccc(S(=O)(=O)NCc2ccco2)c1. The number of hydrogen-bond acceptors (Lipinski definition) is 5. The van der Waals surface area contributed by atoms with Gasteiger partial charge in [-0.1, -0.05) is 29.8 Å². The number of ether oxygens (including phenoxy) is 1. The predicted octanol–water partition coefficient (Wildman–Crippen LogP) is 3.77. The highest BCUT2D eigenvalue weighted by atomic mass is 35.5. The average molecular weight is 406 g/mol. The summed E-state index contributed by atoms with van der Waals surface area (Å²) in [5.41, 5.74) is 0.873. The van der Waals surface area contributed by atoms with E-state index in [9.17, 15) is 13.2 Å². The molecular weight excluding hydrogens is 390 g/mol. The van der Waals surface area contributed by atoms with Gasteiger partial charge in [0.15, 0.2) is 0 Å². The Hall–Kier alpha value is -2.61. The summed E-state index contributed by atoms with van der Waals surface area (Å²) in [5, 5.41) is 0.541. The Morgan fingerprint density at radius 2 is 1.89 bits per heavy atom. The number of nitrogens with one attached hydrogen (secondary N) is 1. The molecule has 0 radical (unpaired) electrons. The van der Waals surface area contributed by atoms with E-state index in [1.54, 1.807) is 36.4 Å². The average Bonchev–Trinajstić information content (AvgIpc) is 3.18. The molecule has 0 unspecified atom stereocenters. The van der Waals surface area contributed by atoms with Crippen molar-refractivity contribution in [3.63, 3.8) is 0 Å². The van der Waals surface area contributed by atoms with Crippen molar-refractivity contribution in [2.75, 3.05) is 0 Å². The summed E-state index contributed by atoms with van der Waals surface area (Å²) in [6, 6.07) is 15.9. The molecule has 3 rings (SSSR count). The van der Waals surface area contributed by atoms with E-state index in [1.165, 1.54) is 30.5 Å². The van der Waals surface area contributed by atoms with Crippen molar-refractivity contribution in [1.82, 2.24) is 4.72 Å². The Morgan fingerprint density at radius 1 is 1.07 bits per heavy atom. The number of sulfonamides is 1. The van der Waals surface area contributed by atoms with Crippen LogP contribution in [-0.2, 0) is 27.9 Å². The quantitative estimate of drug-likeness (QED) is 0.605. The smallest absolute Gasteiger partial charge is 0.338 e. The normalized spacial score (nSPS) is 11.3. The summed E-state index contributed by atoms with van der Waals surface area (Å²) in [5.74, 6) is -0.145. The lowest BCUT2D eigenvalue weighted by Gasteiger charge is -2.08. The molecule has 0 amide bonds. The third-order valence-electron chi connectivity index (χ3n) is 3.66. The minimum atomic E-state index is -3.80. The van der Waals surface area contributed by atoms with E-state index in [0.717, 1.165) is 5.56 Å². The van der Waals surface area contributed by atoms with Gasteiger partial charge in [-0.3, -0.25) is 0 Å². The Labute approximate surface area is 161 Å². The maximum absolute atomic E-state index is 12.4. The second-order valence-corrected chi connectivity index (χ2v) is 7.84. The first-order valence-corrected chi connectivity index (χ1v) is 9.84. The van der Waals surface area contributed by atoms with Crippen LogP contribution in [0.25, 0.3) is 0 Å². The number of hydrogen-bond donors (Lipinski definition) is 1. The Balaban J connectivity index is 1.67. The highest BCUT2D eigenvalue weighted by Gasteiger charge is 2.17. The van der Waals surface area contributed by atoms with E-state index in [2.05, 4.69) is 4.72 Å². The third kappa shape index (κ3) is 5.19. The van der Waals surface area contributed by atoms with Crippen molar-refractivity contribution in [3.8, 4) is 0 Å². The maximum atomic E-state index is 12.4. The number of benzene rings is 2. The van der Waals surface area contributed by atoms with Gasteiger partial charge < -0.3 is 9.15 Å². The molecule has 8 heteroatoms. The van der Waals surface area contributed by atoms with Gasteiger partial charge >= 0.3 is 5.97 Å². The van der Waals surface area contributed by atoms with Crippen molar-refractivity contribution in [2.45, 2.75) is 18.0 Å². The molecule has 1 N–H and O–H groups in total. The predicted molar refractivity (Wildman–Crippen MR) is 99.7 cm³/mol. The number of carbonyl (C=O) groups is 1. The zero-order chi connectivity index (χ0) is 19.3. The number of furan rings is 1. The molecule has 6 nitrogen and oxygen atoms in total. The van der Waals surface area contributed by atoms with Gasteiger partial charge in [-0.25, -0.2) is 17.9 Å². The lowest BCUT2D eigenvalue weighted by molar-refractivity contribution is 0.0472. The lowest BCUT2D eigenvalue weighted by atomic mass is 10.2. The van der Waals surface area contributed by atoms with E-state index in [-0.39, 0.29) is 23.6 Å². The summed E-state index contributed by atoms with van der Waals surface area (Å²) >= 11 is 5.89.